The van der Waals surface area contributed by atoms with Crippen molar-refractivity contribution in [3.8, 4) is 0 Å². The van der Waals surface area contributed by atoms with Crippen LogP contribution in [-0.4, -0.2) is 24.4 Å². The van der Waals surface area contributed by atoms with Gasteiger partial charge in [-0.1, -0.05) is 31.5 Å². The molecular weight excluding hydrogens is 295 g/mol. The molecule has 1 aliphatic heterocycles. The number of amides is 2. The smallest absolute Gasteiger partial charge is 0.242 e. The van der Waals surface area contributed by atoms with Crippen LogP contribution in [0.2, 0.25) is 5.02 Å². The highest BCUT2D eigenvalue weighted by molar-refractivity contribution is 6.31. The van der Waals surface area contributed by atoms with Crippen molar-refractivity contribution in [1.29, 1.82) is 0 Å². The van der Waals surface area contributed by atoms with Crippen LogP contribution in [0.4, 0.5) is 4.39 Å². The second kappa shape index (κ2) is 6.02. The molecular formula is C15H18ClFN2O2. The predicted molar refractivity (Wildman–Crippen MR) is 78.6 cm³/mol. The van der Waals surface area contributed by atoms with E-state index in [1.807, 2.05) is 13.8 Å². The van der Waals surface area contributed by atoms with Crippen molar-refractivity contribution >= 4 is 23.4 Å². The molecule has 1 aromatic carbocycles. The third-order valence-corrected chi connectivity index (χ3v) is 3.97. The van der Waals surface area contributed by atoms with Crippen molar-refractivity contribution in [2.45, 2.75) is 38.1 Å². The predicted octanol–water partition coefficient (Wildman–Crippen LogP) is 2.15. The average molecular weight is 313 g/mol. The minimum Gasteiger partial charge on any atom is -0.353 e. The summed E-state index contributed by atoms with van der Waals surface area (Å²) < 4.78 is 14.0. The zero-order valence-electron chi connectivity index (χ0n) is 12.0. The summed E-state index contributed by atoms with van der Waals surface area (Å²) >= 11 is 6.07. The van der Waals surface area contributed by atoms with Crippen LogP contribution in [0.25, 0.3) is 0 Å². The summed E-state index contributed by atoms with van der Waals surface area (Å²) in [6.45, 7) is 3.86. The van der Waals surface area contributed by atoms with Gasteiger partial charge >= 0.3 is 0 Å². The van der Waals surface area contributed by atoms with Gasteiger partial charge in [-0.25, -0.2) is 4.39 Å². The molecule has 1 saturated heterocycles. The molecule has 1 heterocycles. The van der Waals surface area contributed by atoms with Crippen molar-refractivity contribution < 1.29 is 14.0 Å². The number of carbonyl (C=O) groups is 2. The molecule has 0 spiro atoms. The second-order valence-corrected chi connectivity index (χ2v) is 6.26. The van der Waals surface area contributed by atoms with Crippen LogP contribution in [0.15, 0.2) is 18.2 Å². The van der Waals surface area contributed by atoms with Crippen LogP contribution < -0.4 is 10.6 Å². The van der Waals surface area contributed by atoms with Gasteiger partial charge in [-0.05, 0) is 18.6 Å². The summed E-state index contributed by atoms with van der Waals surface area (Å²) in [4.78, 5) is 23.1. The first-order valence-corrected chi connectivity index (χ1v) is 7.20. The molecule has 0 aliphatic carbocycles. The molecule has 0 bridgehead atoms. The van der Waals surface area contributed by atoms with E-state index in [9.17, 15) is 14.0 Å². The molecule has 0 saturated carbocycles. The number of nitrogens with one attached hydrogen (secondary N) is 2. The average Bonchev–Trinajstić information content (AvgIpc) is 2.82. The number of benzene rings is 1. The van der Waals surface area contributed by atoms with Gasteiger partial charge in [0.05, 0.1) is 0 Å². The third kappa shape index (κ3) is 3.53. The lowest BCUT2D eigenvalue weighted by atomic mass is 9.84. The molecule has 0 aromatic heterocycles. The van der Waals surface area contributed by atoms with E-state index in [-0.39, 0.29) is 18.4 Å². The lowest BCUT2D eigenvalue weighted by molar-refractivity contribution is -0.125. The first kappa shape index (κ1) is 15.8. The number of carbonyl (C=O) groups excluding carboxylic acids is 2. The van der Waals surface area contributed by atoms with Gasteiger partial charge in [0.1, 0.15) is 11.9 Å². The highest BCUT2D eigenvalue weighted by atomic mass is 35.5. The summed E-state index contributed by atoms with van der Waals surface area (Å²) in [5.41, 5.74) is -0.275. The van der Waals surface area contributed by atoms with Crippen molar-refractivity contribution in [3.63, 3.8) is 0 Å². The van der Waals surface area contributed by atoms with Crippen LogP contribution in [0, 0.1) is 5.82 Å². The van der Waals surface area contributed by atoms with E-state index in [4.69, 9.17) is 11.6 Å². The fourth-order valence-corrected chi connectivity index (χ4v) is 2.89. The fourth-order valence-electron chi connectivity index (χ4n) is 2.47. The van der Waals surface area contributed by atoms with Gasteiger partial charge < -0.3 is 10.6 Å². The molecule has 4 nitrogen and oxygen atoms in total. The minimum absolute atomic E-state index is 0.119. The Morgan fingerprint density at radius 2 is 2.24 bits per heavy atom. The molecule has 114 valence electrons. The van der Waals surface area contributed by atoms with Crippen LogP contribution in [0.1, 0.15) is 32.3 Å². The molecule has 1 aromatic rings. The van der Waals surface area contributed by atoms with Crippen molar-refractivity contribution in [3.05, 3.63) is 34.6 Å². The normalized spacial score (nSPS) is 18.5. The van der Waals surface area contributed by atoms with Crippen molar-refractivity contribution in [2.75, 3.05) is 6.54 Å². The van der Waals surface area contributed by atoms with E-state index in [1.54, 1.807) is 12.1 Å². The number of halogens is 2. The van der Waals surface area contributed by atoms with E-state index in [0.29, 0.717) is 23.4 Å². The second-order valence-electron chi connectivity index (χ2n) is 5.86. The Labute approximate surface area is 128 Å². The maximum absolute atomic E-state index is 14.0. The van der Waals surface area contributed by atoms with E-state index < -0.39 is 17.3 Å². The molecule has 1 aliphatic rings. The Hall–Kier alpha value is -1.62. The van der Waals surface area contributed by atoms with Gasteiger partial charge in [-0.15, -0.1) is 0 Å². The lowest BCUT2D eigenvalue weighted by Crippen LogP contribution is -2.46. The summed E-state index contributed by atoms with van der Waals surface area (Å²) in [5.74, 6) is -0.760. The van der Waals surface area contributed by atoms with Crippen LogP contribution in [0.5, 0.6) is 0 Å². The summed E-state index contributed by atoms with van der Waals surface area (Å²) in [5, 5.41) is 5.70. The molecule has 0 radical (unpaired) electrons. The Kier molecular flexibility index (Phi) is 4.52. The Balaban J connectivity index is 2.04. The SMILES string of the molecule is CC(C)(CNC(=O)[C@@H]1CCC(=O)N1)c1c(F)cccc1Cl. The number of hydrogen-bond donors (Lipinski definition) is 2. The number of hydrogen-bond acceptors (Lipinski definition) is 2. The molecule has 1 atom stereocenters. The monoisotopic (exact) mass is 312 g/mol. The van der Waals surface area contributed by atoms with E-state index in [2.05, 4.69) is 10.6 Å². The van der Waals surface area contributed by atoms with Gasteiger partial charge in [0, 0.05) is 29.0 Å². The summed E-state index contributed by atoms with van der Waals surface area (Å²) in [7, 11) is 0. The molecule has 21 heavy (non-hydrogen) atoms. The van der Waals surface area contributed by atoms with Gasteiger partial charge in [0.15, 0.2) is 0 Å². The van der Waals surface area contributed by atoms with Gasteiger partial charge in [-0.2, -0.15) is 0 Å². The molecule has 6 heteroatoms. The van der Waals surface area contributed by atoms with Gasteiger partial charge in [-0.3, -0.25) is 9.59 Å². The molecule has 0 unspecified atom stereocenters. The molecule has 2 amide bonds. The van der Waals surface area contributed by atoms with Gasteiger partial charge in [0.25, 0.3) is 0 Å². The Morgan fingerprint density at radius 1 is 1.52 bits per heavy atom. The molecule has 2 rings (SSSR count). The van der Waals surface area contributed by atoms with E-state index >= 15 is 0 Å². The van der Waals surface area contributed by atoms with Crippen LogP contribution in [0.3, 0.4) is 0 Å². The van der Waals surface area contributed by atoms with Gasteiger partial charge in [0.2, 0.25) is 11.8 Å². The first-order chi connectivity index (χ1) is 9.81. The zero-order chi connectivity index (χ0) is 15.6. The third-order valence-electron chi connectivity index (χ3n) is 3.66. The quantitative estimate of drug-likeness (QED) is 0.895. The summed E-state index contributed by atoms with van der Waals surface area (Å²) in [6.07, 6.45) is 0.853. The number of rotatable bonds is 4. The molecule has 2 N–H and O–H groups in total. The Morgan fingerprint density at radius 3 is 2.81 bits per heavy atom. The molecule has 1 fully saturated rings. The summed E-state index contributed by atoms with van der Waals surface area (Å²) in [6, 6.07) is 4.02. The van der Waals surface area contributed by atoms with Crippen LogP contribution in [-0.2, 0) is 15.0 Å². The highest BCUT2D eigenvalue weighted by Gasteiger charge is 2.31. The topological polar surface area (TPSA) is 58.2 Å². The largest absolute Gasteiger partial charge is 0.353 e. The fraction of sp³-hybridized carbons (Fsp3) is 0.467. The maximum atomic E-state index is 14.0. The minimum atomic E-state index is -0.652. The Bertz CT molecular complexity index is 555. The zero-order valence-corrected chi connectivity index (χ0v) is 12.8. The van der Waals surface area contributed by atoms with Crippen LogP contribution >= 0.6 is 11.6 Å². The first-order valence-electron chi connectivity index (χ1n) is 6.83. The maximum Gasteiger partial charge on any atom is 0.242 e. The lowest BCUT2D eigenvalue weighted by Gasteiger charge is -2.27. The van der Waals surface area contributed by atoms with E-state index in [1.165, 1.54) is 6.07 Å². The standard InChI is InChI=1S/C15H18ClFN2O2/c1-15(2,13-9(16)4-3-5-10(13)17)8-18-14(21)11-6-7-12(20)19-11/h3-5,11H,6-8H2,1-2H3,(H,18,21)(H,19,20)/t11-/m0/s1. The van der Waals surface area contributed by atoms with E-state index in [0.717, 1.165) is 0 Å². The highest BCUT2D eigenvalue weighted by Crippen LogP contribution is 2.31. The van der Waals surface area contributed by atoms with Crippen molar-refractivity contribution in [1.82, 2.24) is 10.6 Å². The van der Waals surface area contributed by atoms with Crippen molar-refractivity contribution in [2.24, 2.45) is 0 Å².